The molecule has 0 saturated carbocycles. The lowest BCUT2D eigenvalue weighted by Gasteiger charge is -2.25. The summed E-state index contributed by atoms with van der Waals surface area (Å²) in [6.07, 6.45) is 3.22. The number of para-hydroxylation sites is 1. The van der Waals surface area contributed by atoms with Gasteiger partial charge in [-0.2, -0.15) is 0 Å². The van der Waals surface area contributed by atoms with Crippen LogP contribution in [0.2, 0.25) is 0 Å². The van der Waals surface area contributed by atoms with Gasteiger partial charge in [-0.3, -0.25) is 0 Å². The average molecular weight is 271 g/mol. The normalized spacial score (nSPS) is 14.8. The molecular weight excluding hydrogens is 253 g/mol. The highest BCUT2D eigenvalue weighted by molar-refractivity contribution is 5.67. The van der Waals surface area contributed by atoms with E-state index in [2.05, 4.69) is 17.0 Å². The van der Waals surface area contributed by atoms with Crippen molar-refractivity contribution in [2.75, 3.05) is 11.4 Å². The zero-order chi connectivity index (χ0) is 13.9. The minimum Gasteiger partial charge on any atom is -0.392 e. The molecule has 0 aliphatic carbocycles. The lowest BCUT2D eigenvalue weighted by Crippen LogP contribution is -2.19. The lowest BCUT2D eigenvalue weighted by molar-refractivity contribution is 0.281. The first kappa shape index (κ1) is 13.1. The van der Waals surface area contributed by atoms with Gasteiger partial charge in [0.15, 0.2) is 0 Å². The van der Waals surface area contributed by atoms with E-state index >= 15 is 0 Å². The quantitative estimate of drug-likeness (QED) is 0.898. The van der Waals surface area contributed by atoms with Gasteiger partial charge >= 0.3 is 0 Å². The second-order valence-electron chi connectivity index (χ2n) is 5.18. The standard InChI is InChI=1S/C17H18FNO/c18-15-11-13(12-20)8-9-17(15)19-10-4-3-6-14-5-1-2-7-16(14)19/h1-2,5,7-9,11,20H,3-4,6,10,12H2. The summed E-state index contributed by atoms with van der Waals surface area (Å²) in [5.74, 6) is -0.270. The Balaban J connectivity index is 2.05. The molecule has 2 nitrogen and oxygen atoms in total. The van der Waals surface area contributed by atoms with Gasteiger partial charge in [0.1, 0.15) is 5.82 Å². The molecule has 2 aromatic carbocycles. The second kappa shape index (κ2) is 5.63. The van der Waals surface area contributed by atoms with Crippen LogP contribution in [0.5, 0.6) is 0 Å². The van der Waals surface area contributed by atoms with Gasteiger partial charge in [-0.1, -0.05) is 24.3 Å². The van der Waals surface area contributed by atoms with Crippen LogP contribution in [0.25, 0.3) is 0 Å². The number of aliphatic hydroxyl groups is 1. The van der Waals surface area contributed by atoms with E-state index in [0.717, 1.165) is 31.5 Å². The molecule has 0 aromatic heterocycles. The van der Waals surface area contributed by atoms with E-state index in [1.54, 1.807) is 12.1 Å². The summed E-state index contributed by atoms with van der Waals surface area (Å²) in [7, 11) is 0. The highest BCUT2D eigenvalue weighted by atomic mass is 19.1. The van der Waals surface area contributed by atoms with E-state index in [1.165, 1.54) is 11.6 Å². The SMILES string of the molecule is OCc1ccc(N2CCCCc3ccccc32)c(F)c1. The topological polar surface area (TPSA) is 23.5 Å². The summed E-state index contributed by atoms with van der Waals surface area (Å²) < 4.78 is 14.3. The molecule has 1 heterocycles. The first-order chi connectivity index (χ1) is 9.79. The van der Waals surface area contributed by atoms with Crippen molar-refractivity contribution in [1.29, 1.82) is 0 Å². The summed E-state index contributed by atoms with van der Waals surface area (Å²) >= 11 is 0. The number of anilines is 2. The molecule has 0 atom stereocenters. The first-order valence-electron chi connectivity index (χ1n) is 7.04. The smallest absolute Gasteiger partial charge is 0.147 e. The van der Waals surface area contributed by atoms with Crippen molar-refractivity contribution in [2.24, 2.45) is 0 Å². The van der Waals surface area contributed by atoms with E-state index in [9.17, 15) is 4.39 Å². The number of fused-ring (bicyclic) bond motifs is 1. The monoisotopic (exact) mass is 271 g/mol. The third-order valence-corrected chi connectivity index (χ3v) is 3.85. The number of benzene rings is 2. The van der Waals surface area contributed by atoms with Crippen LogP contribution in [-0.2, 0) is 13.0 Å². The van der Waals surface area contributed by atoms with Crippen molar-refractivity contribution < 1.29 is 9.50 Å². The Hall–Kier alpha value is -1.87. The zero-order valence-electron chi connectivity index (χ0n) is 11.3. The summed E-state index contributed by atoms with van der Waals surface area (Å²) in [5.41, 5.74) is 3.57. The van der Waals surface area contributed by atoms with Gasteiger partial charge < -0.3 is 10.0 Å². The molecule has 0 spiro atoms. The van der Waals surface area contributed by atoms with Crippen LogP contribution in [0.1, 0.15) is 24.0 Å². The highest BCUT2D eigenvalue weighted by Gasteiger charge is 2.19. The van der Waals surface area contributed by atoms with E-state index < -0.39 is 0 Å². The van der Waals surface area contributed by atoms with Crippen LogP contribution in [0.4, 0.5) is 15.8 Å². The first-order valence-corrected chi connectivity index (χ1v) is 7.04. The maximum absolute atomic E-state index is 14.3. The molecule has 20 heavy (non-hydrogen) atoms. The van der Waals surface area contributed by atoms with Gasteiger partial charge in [0.05, 0.1) is 12.3 Å². The number of rotatable bonds is 2. The van der Waals surface area contributed by atoms with Crippen molar-refractivity contribution in [3.8, 4) is 0 Å². The van der Waals surface area contributed by atoms with Crippen molar-refractivity contribution >= 4 is 11.4 Å². The third kappa shape index (κ3) is 2.41. The fourth-order valence-corrected chi connectivity index (χ4v) is 2.81. The Bertz CT molecular complexity index is 612. The molecule has 3 rings (SSSR count). The molecule has 2 aromatic rings. The van der Waals surface area contributed by atoms with Crippen molar-refractivity contribution in [2.45, 2.75) is 25.9 Å². The summed E-state index contributed by atoms with van der Waals surface area (Å²) in [5, 5.41) is 9.09. The fourth-order valence-electron chi connectivity index (χ4n) is 2.81. The molecule has 0 radical (unpaired) electrons. The highest BCUT2D eigenvalue weighted by Crippen LogP contribution is 2.34. The molecular formula is C17H18FNO. The molecule has 1 N–H and O–H groups in total. The lowest BCUT2D eigenvalue weighted by atomic mass is 10.1. The Kier molecular flexibility index (Phi) is 3.70. The molecule has 104 valence electrons. The number of hydrogen-bond acceptors (Lipinski definition) is 2. The van der Waals surface area contributed by atoms with Gasteiger partial charge in [-0.25, -0.2) is 4.39 Å². The predicted molar refractivity (Wildman–Crippen MR) is 78.7 cm³/mol. The number of hydrogen-bond donors (Lipinski definition) is 1. The van der Waals surface area contributed by atoms with E-state index in [-0.39, 0.29) is 12.4 Å². The predicted octanol–water partition coefficient (Wildman–Crippen LogP) is 3.79. The number of aliphatic hydroxyl groups excluding tert-OH is 1. The van der Waals surface area contributed by atoms with E-state index in [4.69, 9.17) is 5.11 Å². The Morgan fingerprint density at radius 1 is 1.05 bits per heavy atom. The van der Waals surface area contributed by atoms with Gasteiger partial charge in [-0.15, -0.1) is 0 Å². The largest absolute Gasteiger partial charge is 0.392 e. The van der Waals surface area contributed by atoms with Crippen LogP contribution >= 0.6 is 0 Å². The molecule has 0 amide bonds. The van der Waals surface area contributed by atoms with Crippen LogP contribution in [0.15, 0.2) is 42.5 Å². The molecule has 3 heteroatoms. The Morgan fingerprint density at radius 3 is 2.70 bits per heavy atom. The fraction of sp³-hybridized carbons (Fsp3) is 0.294. The summed E-state index contributed by atoms with van der Waals surface area (Å²) in [6, 6.07) is 13.2. The minimum absolute atomic E-state index is 0.131. The van der Waals surface area contributed by atoms with Crippen molar-refractivity contribution in [3.63, 3.8) is 0 Å². The average Bonchev–Trinajstić information content (AvgIpc) is 2.69. The van der Waals surface area contributed by atoms with Crippen LogP contribution in [-0.4, -0.2) is 11.7 Å². The number of halogens is 1. The number of aryl methyl sites for hydroxylation is 1. The van der Waals surface area contributed by atoms with E-state index in [1.807, 2.05) is 12.1 Å². The van der Waals surface area contributed by atoms with Gasteiger partial charge in [-0.05, 0) is 48.6 Å². The molecule has 0 bridgehead atoms. The number of nitrogens with zero attached hydrogens (tertiary/aromatic N) is 1. The van der Waals surface area contributed by atoms with Gasteiger partial charge in [0.2, 0.25) is 0 Å². The van der Waals surface area contributed by atoms with E-state index in [0.29, 0.717) is 11.3 Å². The van der Waals surface area contributed by atoms with Crippen LogP contribution in [0.3, 0.4) is 0 Å². The summed E-state index contributed by atoms with van der Waals surface area (Å²) in [6.45, 7) is 0.695. The van der Waals surface area contributed by atoms with Crippen molar-refractivity contribution in [1.82, 2.24) is 0 Å². The minimum atomic E-state index is -0.270. The molecule has 1 aliphatic heterocycles. The molecule has 0 saturated heterocycles. The Morgan fingerprint density at radius 2 is 1.90 bits per heavy atom. The molecule has 1 aliphatic rings. The Labute approximate surface area is 118 Å². The maximum Gasteiger partial charge on any atom is 0.147 e. The van der Waals surface area contributed by atoms with Crippen molar-refractivity contribution in [3.05, 3.63) is 59.4 Å². The third-order valence-electron chi connectivity index (χ3n) is 3.85. The maximum atomic E-state index is 14.3. The summed E-state index contributed by atoms with van der Waals surface area (Å²) in [4.78, 5) is 2.05. The zero-order valence-corrected chi connectivity index (χ0v) is 11.3. The van der Waals surface area contributed by atoms with Crippen LogP contribution < -0.4 is 4.90 Å². The van der Waals surface area contributed by atoms with Crippen LogP contribution in [0, 0.1) is 5.82 Å². The second-order valence-corrected chi connectivity index (χ2v) is 5.18. The van der Waals surface area contributed by atoms with Gasteiger partial charge in [0.25, 0.3) is 0 Å². The van der Waals surface area contributed by atoms with Gasteiger partial charge in [0, 0.05) is 12.2 Å². The molecule has 0 fully saturated rings. The molecule has 0 unspecified atom stereocenters.